The molecule has 0 unspecified atom stereocenters. The molecule has 9 heteroatoms. The van der Waals surface area contributed by atoms with E-state index in [2.05, 4.69) is 10.2 Å². The number of alkyl halides is 6. The maximum atomic E-state index is 12.8. The predicted molar refractivity (Wildman–Crippen MR) is 79.0 cm³/mol. The first-order valence-electron chi connectivity index (χ1n) is 7.73. The van der Waals surface area contributed by atoms with Gasteiger partial charge in [-0.05, 0) is 57.1 Å². The smallest absolute Gasteiger partial charge is 0.352 e. The van der Waals surface area contributed by atoms with E-state index in [-0.39, 0.29) is 18.5 Å². The van der Waals surface area contributed by atoms with Gasteiger partial charge in [-0.3, -0.25) is 4.79 Å². The number of nitrogens with zero attached hydrogens (tertiary/aromatic N) is 1. The molecule has 2 rings (SSSR count). The zero-order valence-corrected chi connectivity index (χ0v) is 13.5. The summed E-state index contributed by atoms with van der Waals surface area (Å²) in [5.74, 6) is -0.774. The third-order valence-corrected chi connectivity index (χ3v) is 4.24. The Morgan fingerprint density at radius 1 is 1.04 bits per heavy atom. The minimum absolute atomic E-state index is 0.00769. The molecular formula is C16H18F6N2O. The molecule has 1 aliphatic rings. The number of hydrogen-bond donors (Lipinski definition) is 1. The molecule has 0 aromatic heterocycles. The second-order valence-electron chi connectivity index (χ2n) is 6.25. The Morgan fingerprint density at radius 2 is 1.52 bits per heavy atom. The van der Waals surface area contributed by atoms with Gasteiger partial charge in [0.15, 0.2) is 0 Å². The highest BCUT2D eigenvalue weighted by Crippen LogP contribution is 2.36. The Labute approximate surface area is 141 Å². The minimum atomic E-state index is -4.97. The number of likely N-dealkylation sites (tertiary alicyclic amines) is 1. The van der Waals surface area contributed by atoms with Crippen molar-refractivity contribution in [2.24, 2.45) is 5.92 Å². The molecule has 1 saturated heterocycles. The van der Waals surface area contributed by atoms with E-state index in [0.29, 0.717) is 12.1 Å². The molecule has 1 N–H and O–H groups in total. The van der Waals surface area contributed by atoms with Crippen LogP contribution in [0.15, 0.2) is 18.2 Å². The van der Waals surface area contributed by atoms with Crippen LogP contribution in [0, 0.1) is 5.92 Å². The van der Waals surface area contributed by atoms with Gasteiger partial charge in [0.1, 0.15) is 0 Å². The van der Waals surface area contributed by atoms with Gasteiger partial charge >= 0.3 is 12.4 Å². The molecule has 0 radical (unpaired) electrons. The molecule has 1 amide bonds. The number of rotatable bonds is 3. The molecule has 0 aliphatic carbocycles. The van der Waals surface area contributed by atoms with Crippen molar-refractivity contribution in [1.29, 1.82) is 0 Å². The first-order valence-corrected chi connectivity index (χ1v) is 7.73. The number of halogens is 6. The van der Waals surface area contributed by atoms with Gasteiger partial charge in [-0.15, -0.1) is 0 Å². The van der Waals surface area contributed by atoms with Crippen molar-refractivity contribution >= 4 is 5.91 Å². The molecule has 0 saturated carbocycles. The summed E-state index contributed by atoms with van der Waals surface area (Å²) in [6.45, 7) is 1.90. The summed E-state index contributed by atoms with van der Waals surface area (Å²) < 4.78 is 76.9. The molecular weight excluding hydrogens is 350 g/mol. The van der Waals surface area contributed by atoms with E-state index in [1.165, 1.54) is 0 Å². The lowest BCUT2D eigenvalue weighted by atomic mass is 9.97. The van der Waals surface area contributed by atoms with Crippen molar-refractivity contribution in [3.63, 3.8) is 0 Å². The maximum absolute atomic E-state index is 12.8. The molecule has 1 heterocycles. The zero-order valence-electron chi connectivity index (χ0n) is 13.5. The van der Waals surface area contributed by atoms with Crippen LogP contribution < -0.4 is 5.32 Å². The van der Waals surface area contributed by atoms with Crippen LogP contribution in [0.2, 0.25) is 0 Å². The fraction of sp³-hybridized carbons (Fsp3) is 0.562. The van der Waals surface area contributed by atoms with E-state index in [1.807, 2.05) is 7.05 Å². The van der Waals surface area contributed by atoms with Crippen molar-refractivity contribution in [3.05, 3.63) is 34.9 Å². The number of carbonyl (C=O) groups excluding carboxylic acids is 1. The standard InChI is InChI=1S/C16H18F6N2O/c1-24-4-2-10(3-5-24)9-23-14(25)11-6-12(15(17,18)19)8-13(7-11)16(20,21)22/h6-8,10H,2-5,9H2,1H3,(H,23,25). The van der Waals surface area contributed by atoms with E-state index in [4.69, 9.17) is 0 Å². The lowest BCUT2D eigenvalue weighted by Gasteiger charge is -2.29. The minimum Gasteiger partial charge on any atom is -0.352 e. The average molecular weight is 368 g/mol. The number of piperidine rings is 1. The summed E-state index contributed by atoms with van der Waals surface area (Å²) in [5, 5.41) is 2.45. The Morgan fingerprint density at radius 3 is 1.96 bits per heavy atom. The fourth-order valence-electron chi connectivity index (χ4n) is 2.69. The number of amides is 1. The maximum Gasteiger partial charge on any atom is 0.416 e. The molecule has 1 fully saturated rings. The summed E-state index contributed by atoms with van der Waals surface area (Å²) in [5.41, 5.74) is -3.63. The van der Waals surface area contributed by atoms with Crippen molar-refractivity contribution in [3.8, 4) is 0 Å². The van der Waals surface area contributed by atoms with E-state index < -0.39 is 35.0 Å². The third kappa shape index (κ3) is 5.35. The van der Waals surface area contributed by atoms with Crippen molar-refractivity contribution in [2.75, 3.05) is 26.7 Å². The van der Waals surface area contributed by atoms with Gasteiger partial charge in [0.05, 0.1) is 11.1 Å². The Bertz CT molecular complexity index is 586. The Balaban J connectivity index is 2.15. The van der Waals surface area contributed by atoms with Crippen LogP contribution in [0.25, 0.3) is 0 Å². The topological polar surface area (TPSA) is 32.3 Å². The monoisotopic (exact) mass is 368 g/mol. The Hall–Kier alpha value is -1.77. The molecule has 25 heavy (non-hydrogen) atoms. The van der Waals surface area contributed by atoms with Gasteiger partial charge in [0.2, 0.25) is 0 Å². The molecule has 140 valence electrons. The summed E-state index contributed by atoms with van der Waals surface area (Å²) in [6, 6.07) is 0.895. The molecule has 0 atom stereocenters. The first-order chi connectivity index (χ1) is 11.5. The normalized spacial score (nSPS) is 17.6. The van der Waals surface area contributed by atoms with E-state index in [0.717, 1.165) is 25.9 Å². The first kappa shape index (κ1) is 19.6. The number of nitrogens with one attached hydrogen (secondary N) is 1. The highest BCUT2D eigenvalue weighted by molar-refractivity contribution is 5.94. The molecule has 0 bridgehead atoms. The second kappa shape index (κ2) is 7.23. The zero-order chi connectivity index (χ0) is 18.8. The van der Waals surface area contributed by atoms with Gasteiger partial charge in [0, 0.05) is 12.1 Å². The van der Waals surface area contributed by atoms with Crippen LogP contribution in [-0.2, 0) is 12.4 Å². The van der Waals surface area contributed by atoms with E-state index >= 15 is 0 Å². The van der Waals surface area contributed by atoms with Crippen molar-refractivity contribution < 1.29 is 31.1 Å². The van der Waals surface area contributed by atoms with Crippen LogP contribution in [-0.4, -0.2) is 37.5 Å². The van der Waals surface area contributed by atoms with Crippen molar-refractivity contribution in [1.82, 2.24) is 10.2 Å². The SMILES string of the molecule is CN1CCC(CNC(=O)c2cc(C(F)(F)F)cc(C(F)(F)F)c2)CC1. The number of carbonyl (C=O) groups is 1. The van der Waals surface area contributed by atoms with Gasteiger partial charge in [-0.25, -0.2) is 0 Å². The fourth-order valence-corrected chi connectivity index (χ4v) is 2.69. The molecule has 3 nitrogen and oxygen atoms in total. The third-order valence-electron chi connectivity index (χ3n) is 4.24. The Kier molecular flexibility index (Phi) is 5.65. The number of hydrogen-bond acceptors (Lipinski definition) is 2. The highest BCUT2D eigenvalue weighted by Gasteiger charge is 2.37. The summed E-state index contributed by atoms with van der Waals surface area (Å²) in [6.07, 6.45) is -8.31. The van der Waals surface area contributed by atoms with Crippen LogP contribution in [0.3, 0.4) is 0 Å². The lowest BCUT2D eigenvalue weighted by Crippen LogP contribution is -2.37. The summed E-state index contributed by atoms with van der Waals surface area (Å²) >= 11 is 0. The molecule has 1 aromatic carbocycles. The van der Waals surface area contributed by atoms with Crippen LogP contribution in [0.5, 0.6) is 0 Å². The molecule has 1 aromatic rings. The second-order valence-corrected chi connectivity index (χ2v) is 6.25. The molecule has 1 aliphatic heterocycles. The predicted octanol–water partition coefficient (Wildman–Crippen LogP) is 3.80. The quantitative estimate of drug-likeness (QED) is 0.824. The van der Waals surface area contributed by atoms with Crippen LogP contribution in [0.1, 0.15) is 34.3 Å². The highest BCUT2D eigenvalue weighted by atomic mass is 19.4. The molecule has 0 spiro atoms. The van der Waals surface area contributed by atoms with E-state index in [1.54, 1.807) is 0 Å². The van der Waals surface area contributed by atoms with E-state index in [9.17, 15) is 31.1 Å². The van der Waals surface area contributed by atoms with Gasteiger partial charge < -0.3 is 10.2 Å². The van der Waals surface area contributed by atoms with Gasteiger partial charge in [0.25, 0.3) is 5.91 Å². The number of benzene rings is 1. The largest absolute Gasteiger partial charge is 0.416 e. The van der Waals surface area contributed by atoms with Crippen LogP contribution in [0.4, 0.5) is 26.3 Å². The lowest BCUT2D eigenvalue weighted by molar-refractivity contribution is -0.143. The summed E-state index contributed by atoms with van der Waals surface area (Å²) in [4.78, 5) is 14.2. The van der Waals surface area contributed by atoms with Gasteiger partial charge in [-0.2, -0.15) is 26.3 Å². The van der Waals surface area contributed by atoms with Crippen LogP contribution >= 0.6 is 0 Å². The van der Waals surface area contributed by atoms with Crippen molar-refractivity contribution in [2.45, 2.75) is 25.2 Å². The van der Waals surface area contributed by atoms with Gasteiger partial charge in [-0.1, -0.05) is 0 Å². The average Bonchev–Trinajstić information content (AvgIpc) is 2.52. The summed E-state index contributed by atoms with van der Waals surface area (Å²) in [7, 11) is 1.95.